The van der Waals surface area contributed by atoms with Gasteiger partial charge in [0.1, 0.15) is 0 Å². The van der Waals surface area contributed by atoms with Gasteiger partial charge in [-0.05, 0) is 67.6 Å². The first-order valence-corrected chi connectivity index (χ1v) is 11.3. The van der Waals surface area contributed by atoms with E-state index in [0.29, 0.717) is 16.9 Å². The second kappa shape index (κ2) is 8.63. The molecule has 29 heavy (non-hydrogen) atoms. The van der Waals surface area contributed by atoms with Gasteiger partial charge >= 0.3 is 0 Å². The van der Waals surface area contributed by atoms with Gasteiger partial charge in [-0.3, -0.25) is 9.52 Å². The lowest BCUT2D eigenvalue weighted by atomic mass is 10.1. The Bertz CT molecular complexity index is 1160. The van der Waals surface area contributed by atoms with Crippen LogP contribution in [0.25, 0.3) is 6.08 Å². The van der Waals surface area contributed by atoms with Crippen LogP contribution in [0.2, 0.25) is 0 Å². The minimum atomic E-state index is -3.80. The van der Waals surface area contributed by atoms with Crippen molar-refractivity contribution >= 4 is 44.7 Å². The SMILES string of the molecule is Cc1ccc(NS(=O)(=O)c2cc(NC(=O)/C=C/c3cccs3)ccc2C)c(C)c1. The molecule has 0 bridgehead atoms. The number of thiophene rings is 1. The van der Waals surface area contributed by atoms with Gasteiger partial charge in [0.05, 0.1) is 10.6 Å². The Kier molecular flexibility index (Phi) is 6.20. The molecule has 3 aromatic rings. The monoisotopic (exact) mass is 426 g/mol. The summed E-state index contributed by atoms with van der Waals surface area (Å²) in [6.45, 7) is 5.53. The smallest absolute Gasteiger partial charge is 0.262 e. The Hall–Kier alpha value is -2.90. The molecule has 5 nitrogen and oxygen atoms in total. The summed E-state index contributed by atoms with van der Waals surface area (Å²) in [6.07, 6.45) is 3.14. The number of sulfonamides is 1. The third kappa shape index (κ3) is 5.34. The summed E-state index contributed by atoms with van der Waals surface area (Å²) in [5, 5.41) is 4.64. The van der Waals surface area contributed by atoms with Crippen molar-refractivity contribution in [2.75, 3.05) is 10.0 Å². The number of aryl methyl sites for hydroxylation is 3. The highest BCUT2D eigenvalue weighted by Gasteiger charge is 2.19. The number of carbonyl (C=O) groups is 1. The maximum absolute atomic E-state index is 12.9. The van der Waals surface area contributed by atoms with Gasteiger partial charge in [0.2, 0.25) is 5.91 Å². The van der Waals surface area contributed by atoms with Crippen molar-refractivity contribution in [2.45, 2.75) is 25.7 Å². The molecule has 2 N–H and O–H groups in total. The number of nitrogens with one attached hydrogen (secondary N) is 2. The fourth-order valence-electron chi connectivity index (χ4n) is 2.82. The number of rotatable bonds is 6. The van der Waals surface area contributed by atoms with Crippen LogP contribution < -0.4 is 10.0 Å². The van der Waals surface area contributed by atoms with E-state index in [0.717, 1.165) is 16.0 Å². The lowest BCUT2D eigenvalue weighted by Crippen LogP contribution is -2.16. The fraction of sp³-hybridized carbons (Fsp3) is 0.136. The van der Waals surface area contributed by atoms with Crippen LogP contribution in [0.4, 0.5) is 11.4 Å². The predicted molar refractivity (Wildman–Crippen MR) is 120 cm³/mol. The van der Waals surface area contributed by atoms with Crippen LogP contribution >= 0.6 is 11.3 Å². The summed E-state index contributed by atoms with van der Waals surface area (Å²) in [4.78, 5) is 13.2. The van der Waals surface area contributed by atoms with E-state index in [1.807, 2.05) is 43.5 Å². The number of carbonyl (C=O) groups excluding carboxylic acids is 1. The van der Waals surface area contributed by atoms with Crippen molar-refractivity contribution in [3.63, 3.8) is 0 Å². The average Bonchev–Trinajstić information content (AvgIpc) is 3.17. The van der Waals surface area contributed by atoms with Crippen molar-refractivity contribution in [1.82, 2.24) is 0 Å². The van der Waals surface area contributed by atoms with Crippen LogP contribution in [-0.2, 0) is 14.8 Å². The van der Waals surface area contributed by atoms with E-state index >= 15 is 0 Å². The van der Waals surface area contributed by atoms with Crippen molar-refractivity contribution in [3.05, 3.63) is 81.6 Å². The zero-order chi connectivity index (χ0) is 21.0. The number of anilines is 2. The van der Waals surface area contributed by atoms with Crippen LogP contribution in [-0.4, -0.2) is 14.3 Å². The topological polar surface area (TPSA) is 75.3 Å². The second-order valence-corrected chi connectivity index (χ2v) is 9.37. The van der Waals surface area contributed by atoms with Crippen LogP contribution in [0.3, 0.4) is 0 Å². The summed E-state index contributed by atoms with van der Waals surface area (Å²) < 4.78 is 28.5. The Morgan fingerprint density at radius 1 is 1.00 bits per heavy atom. The maximum Gasteiger partial charge on any atom is 0.262 e. The first-order valence-electron chi connectivity index (χ1n) is 8.98. The van der Waals surface area contributed by atoms with E-state index in [1.54, 1.807) is 31.2 Å². The van der Waals surface area contributed by atoms with Crippen LogP contribution in [0.1, 0.15) is 21.6 Å². The molecule has 0 spiro atoms. The molecule has 3 rings (SSSR count). The summed E-state index contributed by atoms with van der Waals surface area (Å²) in [7, 11) is -3.80. The quantitative estimate of drug-likeness (QED) is 0.537. The fourth-order valence-corrected chi connectivity index (χ4v) is 4.84. The van der Waals surface area contributed by atoms with Gasteiger partial charge in [0.25, 0.3) is 10.0 Å². The predicted octanol–water partition coefficient (Wildman–Crippen LogP) is 5.13. The van der Waals surface area contributed by atoms with E-state index in [2.05, 4.69) is 10.0 Å². The van der Waals surface area contributed by atoms with E-state index < -0.39 is 10.0 Å². The molecule has 1 heterocycles. The first-order chi connectivity index (χ1) is 13.7. The lowest BCUT2D eigenvalue weighted by molar-refractivity contribution is -0.111. The van der Waals surface area contributed by atoms with Crippen molar-refractivity contribution in [1.29, 1.82) is 0 Å². The molecule has 0 aliphatic heterocycles. The minimum absolute atomic E-state index is 0.123. The Morgan fingerprint density at radius 2 is 1.79 bits per heavy atom. The number of hydrogen-bond acceptors (Lipinski definition) is 4. The molecule has 7 heteroatoms. The Labute approximate surface area is 175 Å². The van der Waals surface area contributed by atoms with Gasteiger partial charge in [-0.15, -0.1) is 11.3 Å². The number of amides is 1. The number of benzene rings is 2. The molecule has 0 radical (unpaired) electrons. The summed E-state index contributed by atoms with van der Waals surface area (Å²) in [6, 6.07) is 14.2. The largest absolute Gasteiger partial charge is 0.322 e. The summed E-state index contributed by atoms with van der Waals surface area (Å²) in [5.41, 5.74) is 3.44. The average molecular weight is 427 g/mol. The first kappa shape index (κ1) is 20.8. The molecule has 2 aromatic carbocycles. The van der Waals surface area contributed by atoms with Gasteiger partial charge in [-0.2, -0.15) is 0 Å². The van der Waals surface area contributed by atoms with Gasteiger partial charge in [-0.25, -0.2) is 8.42 Å². The molecule has 0 saturated carbocycles. The molecular formula is C22H22N2O3S2. The van der Waals surface area contributed by atoms with Gasteiger partial charge in [0, 0.05) is 16.6 Å². The molecule has 0 unspecified atom stereocenters. The normalized spacial score (nSPS) is 11.6. The summed E-state index contributed by atoms with van der Waals surface area (Å²) >= 11 is 1.53. The minimum Gasteiger partial charge on any atom is -0.322 e. The second-order valence-electron chi connectivity index (χ2n) is 6.74. The molecule has 0 fully saturated rings. The van der Waals surface area contributed by atoms with Gasteiger partial charge < -0.3 is 5.32 Å². The highest BCUT2D eigenvalue weighted by molar-refractivity contribution is 7.92. The zero-order valence-electron chi connectivity index (χ0n) is 16.4. The van der Waals surface area contributed by atoms with Crippen molar-refractivity contribution < 1.29 is 13.2 Å². The van der Waals surface area contributed by atoms with E-state index in [-0.39, 0.29) is 10.8 Å². The molecule has 1 amide bonds. The molecule has 0 aliphatic carbocycles. The van der Waals surface area contributed by atoms with Crippen LogP contribution in [0.5, 0.6) is 0 Å². The Morgan fingerprint density at radius 3 is 2.48 bits per heavy atom. The lowest BCUT2D eigenvalue weighted by Gasteiger charge is -2.14. The molecule has 150 valence electrons. The van der Waals surface area contributed by atoms with Crippen LogP contribution in [0, 0.1) is 20.8 Å². The zero-order valence-corrected chi connectivity index (χ0v) is 18.0. The van der Waals surface area contributed by atoms with Crippen molar-refractivity contribution in [3.8, 4) is 0 Å². The highest BCUT2D eigenvalue weighted by atomic mass is 32.2. The van der Waals surface area contributed by atoms with E-state index in [4.69, 9.17) is 0 Å². The van der Waals surface area contributed by atoms with Crippen LogP contribution in [0.15, 0.2) is 64.9 Å². The molecule has 0 saturated heterocycles. The highest BCUT2D eigenvalue weighted by Crippen LogP contribution is 2.25. The van der Waals surface area contributed by atoms with E-state index in [1.165, 1.54) is 23.5 Å². The Balaban J connectivity index is 1.81. The van der Waals surface area contributed by atoms with Gasteiger partial charge in [0.15, 0.2) is 0 Å². The summed E-state index contributed by atoms with van der Waals surface area (Å²) in [5.74, 6) is -0.326. The number of hydrogen-bond donors (Lipinski definition) is 2. The van der Waals surface area contributed by atoms with Crippen molar-refractivity contribution in [2.24, 2.45) is 0 Å². The maximum atomic E-state index is 12.9. The third-order valence-corrected chi connectivity index (χ3v) is 6.66. The molecule has 0 atom stereocenters. The van der Waals surface area contributed by atoms with Gasteiger partial charge in [-0.1, -0.05) is 29.8 Å². The molecule has 1 aromatic heterocycles. The third-order valence-electron chi connectivity index (χ3n) is 4.31. The standard InChI is InChI=1S/C22H22N2O3S2/c1-15-6-10-20(17(3)13-15)24-29(26,27)21-14-18(8-7-16(21)2)23-22(25)11-9-19-5-4-12-28-19/h4-14,24H,1-3H3,(H,23,25)/b11-9+. The molecular weight excluding hydrogens is 404 g/mol. The molecule has 0 aliphatic rings. The van der Waals surface area contributed by atoms with E-state index in [9.17, 15) is 13.2 Å².